The van der Waals surface area contributed by atoms with Gasteiger partial charge in [0, 0.05) is 66.9 Å². The van der Waals surface area contributed by atoms with E-state index in [0.29, 0.717) is 31.0 Å². The van der Waals surface area contributed by atoms with E-state index in [1.165, 1.54) is 28.9 Å². The number of allylic oxidation sites excluding steroid dienone is 1. The lowest BCUT2D eigenvalue weighted by Gasteiger charge is -2.40. The molecule has 0 spiro atoms. The van der Waals surface area contributed by atoms with Crippen molar-refractivity contribution < 1.29 is 4.79 Å². The molecule has 6 rings (SSSR count). The molecule has 2 N–H and O–H groups in total. The Hall–Kier alpha value is -2.42. The fourth-order valence-electron chi connectivity index (χ4n) is 5.71. The van der Waals surface area contributed by atoms with E-state index in [0.717, 1.165) is 41.0 Å². The second-order valence-electron chi connectivity index (χ2n) is 10.9. The Labute approximate surface area is 233 Å². The molecular formula is C30H37N5OS2. The summed E-state index contributed by atoms with van der Waals surface area (Å²) in [6.07, 6.45) is 12.7. The van der Waals surface area contributed by atoms with Gasteiger partial charge in [0.25, 0.3) is 0 Å². The van der Waals surface area contributed by atoms with E-state index >= 15 is 0 Å². The minimum atomic E-state index is 0.0175. The highest BCUT2D eigenvalue weighted by atomic mass is 32.2. The van der Waals surface area contributed by atoms with Gasteiger partial charge in [0.05, 0.1) is 15.6 Å². The summed E-state index contributed by atoms with van der Waals surface area (Å²) >= 11 is 3.65. The second-order valence-corrected chi connectivity index (χ2v) is 13.1. The van der Waals surface area contributed by atoms with Gasteiger partial charge in [-0.3, -0.25) is 9.78 Å². The first-order valence-corrected chi connectivity index (χ1v) is 15.8. The number of thioether (sulfide) groups is 1. The highest BCUT2D eigenvalue weighted by molar-refractivity contribution is 8.04. The molecule has 6 nitrogen and oxygen atoms in total. The number of rotatable bonds is 9. The van der Waals surface area contributed by atoms with Gasteiger partial charge in [0.15, 0.2) is 0 Å². The van der Waals surface area contributed by atoms with E-state index < -0.39 is 0 Å². The number of pyridine rings is 1. The molecule has 2 fully saturated rings. The van der Waals surface area contributed by atoms with E-state index in [2.05, 4.69) is 58.8 Å². The predicted octanol–water partition coefficient (Wildman–Crippen LogP) is 6.13. The van der Waals surface area contributed by atoms with E-state index in [9.17, 15) is 4.79 Å². The quantitative estimate of drug-likeness (QED) is 0.336. The maximum absolute atomic E-state index is 13.0. The van der Waals surface area contributed by atoms with E-state index in [1.54, 1.807) is 11.3 Å². The number of hydrogen-bond acceptors (Lipinski definition) is 7. The Kier molecular flexibility index (Phi) is 7.73. The van der Waals surface area contributed by atoms with Gasteiger partial charge < -0.3 is 15.5 Å². The van der Waals surface area contributed by atoms with Crippen LogP contribution in [0.5, 0.6) is 0 Å². The first kappa shape index (κ1) is 25.8. The van der Waals surface area contributed by atoms with Crippen molar-refractivity contribution in [1.82, 2.24) is 25.5 Å². The lowest BCUT2D eigenvalue weighted by atomic mass is 9.85. The third kappa shape index (κ3) is 5.36. The van der Waals surface area contributed by atoms with Crippen molar-refractivity contribution >= 4 is 39.2 Å². The Morgan fingerprint density at radius 2 is 2.00 bits per heavy atom. The average molecular weight is 548 g/mol. The molecule has 0 radical (unpaired) electrons. The summed E-state index contributed by atoms with van der Waals surface area (Å²) in [6, 6.07) is 11.8. The van der Waals surface area contributed by atoms with E-state index in [-0.39, 0.29) is 17.2 Å². The van der Waals surface area contributed by atoms with Crippen molar-refractivity contribution in [2.45, 2.75) is 75.7 Å². The Morgan fingerprint density at radius 1 is 1.16 bits per heavy atom. The van der Waals surface area contributed by atoms with Crippen molar-refractivity contribution in [1.29, 1.82) is 0 Å². The highest BCUT2D eigenvalue weighted by Gasteiger charge is 2.46. The summed E-state index contributed by atoms with van der Waals surface area (Å²) in [5.74, 6) is 0.739. The number of aromatic nitrogens is 2. The minimum absolute atomic E-state index is 0.0175. The molecule has 38 heavy (non-hydrogen) atoms. The molecule has 4 heterocycles. The zero-order chi connectivity index (χ0) is 26.1. The molecule has 2 aliphatic heterocycles. The molecule has 8 heteroatoms. The number of amides is 1. The smallest absolute Gasteiger partial charge is 0.222 e. The van der Waals surface area contributed by atoms with Crippen LogP contribution in [0.2, 0.25) is 0 Å². The standard InChI is InChI=1S/C30H37N5OS2/c1-3-19(2)32-15-11-27(36)34-30-28(23-12-16-35(18-26(23)38-30)22-5-4-6-22)29-33-24-17-21(7-8-25(24)37-29)20-9-13-31-14-10-20/h7-10,13-14,17-19,22-23,28,30,32H,3-6,11-12,15-16H2,1-2H3,(H,34,36). The monoisotopic (exact) mass is 547 g/mol. The number of thiazole rings is 1. The van der Waals surface area contributed by atoms with Gasteiger partial charge in [-0.2, -0.15) is 0 Å². The molecule has 200 valence electrons. The van der Waals surface area contributed by atoms with E-state index in [1.807, 2.05) is 36.3 Å². The van der Waals surface area contributed by atoms with Crippen molar-refractivity contribution in [3.05, 3.63) is 58.8 Å². The average Bonchev–Trinajstić information content (AvgIpc) is 3.47. The SMILES string of the molecule is CCC(C)NCCC(=O)NC1SC2=CN(C3CCC3)CCC2C1c1nc2cc(-c3ccncc3)ccc2s1. The lowest BCUT2D eigenvalue weighted by molar-refractivity contribution is -0.121. The molecule has 0 bridgehead atoms. The molecule has 4 unspecified atom stereocenters. The number of nitrogens with zero attached hydrogens (tertiary/aromatic N) is 3. The number of carbonyl (C=O) groups excluding carboxylic acids is 1. The van der Waals surface area contributed by atoms with Crippen LogP contribution < -0.4 is 10.6 Å². The van der Waals surface area contributed by atoms with Gasteiger partial charge in [-0.1, -0.05) is 13.0 Å². The zero-order valence-electron chi connectivity index (χ0n) is 22.2. The molecule has 2 aromatic heterocycles. The summed E-state index contributed by atoms with van der Waals surface area (Å²) in [7, 11) is 0. The van der Waals surface area contributed by atoms with Crippen LogP contribution in [0.25, 0.3) is 21.3 Å². The van der Waals surface area contributed by atoms with Gasteiger partial charge in [0.2, 0.25) is 5.91 Å². The van der Waals surface area contributed by atoms with Gasteiger partial charge in [-0.05, 0) is 74.4 Å². The van der Waals surface area contributed by atoms with Crippen LogP contribution in [0.3, 0.4) is 0 Å². The molecule has 1 aliphatic carbocycles. The number of hydrogen-bond donors (Lipinski definition) is 2. The number of fused-ring (bicyclic) bond motifs is 2. The summed E-state index contributed by atoms with van der Waals surface area (Å²) in [6.45, 7) is 6.15. The largest absolute Gasteiger partial charge is 0.374 e. The molecule has 4 atom stereocenters. The van der Waals surface area contributed by atoms with Gasteiger partial charge in [-0.15, -0.1) is 23.1 Å². The molecule has 1 aromatic carbocycles. The Morgan fingerprint density at radius 3 is 2.76 bits per heavy atom. The van der Waals surface area contributed by atoms with Crippen LogP contribution in [-0.4, -0.2) is 51.3 Å². The molecule has 1 saturated heterocycles. The Bertz CT molecular complexity index is 1300. The predicted molar refractivity (Wildman–Crippen MR) is 158 cm³/mol. The molecular weight excluding hydrogens is 510 g/mol. The molecule has 1 saturated carbocycles. The van der Waals surface area contributed by atoms with Crippen LogP contribution in [-0.2, 0) is 4.79 Å². The zero-order valence-corrected chi connectivity index (χ0v) is 23.9. The summed E-state index contributed by atoms with van der Waals surface area (Å²) < 4.78 is 1.20. The highest BCUT2D eigenvalue weighted by Crippen LogP contribution is 2.54. The Balaban J connectivity index is 1.26. The lowest BCUT2D eigenvalue weighted by Crippen LogP contribution is -2.41. The van der Waals surface area contributed by atoms with Crippen LogP contribution >= 0.6 is 23.1 Å². The summed E-state index contributed by atoms with van der Waals surface area (Å²) in [4.78, 5) is 26.4. The molecule has 1 amide bonds. The fourth-order valence-corrected chi connectivity index (χ4v) is 8.53. The first-order chi connectivity index (χ1) is 18.6. The molecule has 3 aliphatic rings. The van der Waals surface area contributed by atoms with Crippen LogP contribution in [0.1, 0.15) is 63.3 Å². The first-order valence-electron chi connectivity index (χ1n) is 14.1. The maximum Gasteiger partial charge on any atom is 0.222 e. The normalized spacial score (nSPS) is 24.1. The van der Waals surface area contributed by atoms with Crippen molar-refractivity contribution in [2.24, 2.45) is 5.92 Å². The third-order valence-corrected chi connectivity index (χ3v) is 10.9. The van der Waals surface area contributed by atoms with Gasteiger partial charge in [0.1, 0.15) is 5.01 Å². The maximum atomic E-state index is 13.0. The van der Waals surface area contributed by atoms with Crippen LogP contribution in [0.4, 0.5) is 0 Å². The number of benzene rings is 1. The van der Waals surface area contributed by atoms with Crippen molar-refractivity contribution in [3.63, 3.8) is 0 Å². The van der Waals surface area contributed by atoms with Crippen LogP contribution in [0.15, 0.2) is 53.8 Å². The minimum Gasteiger partial charge on any atom is -0.374 e. The summed E-state index contributed by atoms with van der Waals surface area (Å²) in [5, 5.41) is 8.03. The number of nitrogens with one attached hydrogen (secondary N) is 2. The van der Waals surface area contributed by atoms with Gasteiger partial charge >= 0.3 is 0 Å². The topological polar surface area (TPSA) is 70.2 Å². The van der Waals surface area contributed by atoms with Gasteiger partial charge in [-0.25, -0.2) is 4.98 Å². The fraction of sp³-hybridized carbons (Fsp3) is 0.500. The van der Waals surface area contributed by atoms with Crippen molar-refractivity contribution in [3.8, 4) is 11.1 Å². The second kappa shape index (κ2) is 11.4. The summed E-state index contributed by atoms with van der Waals surface area (Å²) in [5.41, 5.74) is 3.35. The van der Waals surface area contributed by atoms with E-state index in [4.69, 9.17) is 4.98 Å². The number of carbonyl (C=O) groups is 1. The third-order valence-electron chi connectivity index (χ3n) is 8.39. The molecule has 3 aromatic rings. The van der Waals surface area contributed by atoms with Crippen molar-refractivity contribution in [2.75, 3.05) is 13.1 Å². The van der Waals surface area contributed by atoms with Crippen LogP contribution in [0, 0.1) is 5.92 Å².